The molecule has 1 aliphatic rings. The van der Waals surface area contributed by atoms with Crippen LogP contribution in [0.15, 0.2) is 40.9 Å². The first-order valence-corrected chi connectivity index (χ1v) is 8.45. The summed E-state index contributed by atoms with van der Waals surface area (Å²) < 4.78 is 5.34. The highest BCUT2D eigenvalue weighted by molar-refractivity contribution is 5.92. The van der Waals surface area contributed by atoms with E-state index in [-0.39, 0.29) is 0 Å². The van der Waals surface area contributed by atoms with Gasteiger partial charge in [-0.25, -0.2) is 0 Å². The van der Waals surface area contributed by atoms with Gasteiger partial charge >= 0.3 is 0 Å². The second-order valence-electron chi connectivity index (χ2n) is 6.50. The second-order valence-corrected chi connectivity index (χ2v) is 6.50. The van der Waals surface area contributed by atoms with Crippen molar-refractivity contribution < 1.29 is 4.52 Å². The zero-order chi connectivity index (χ0) is 16.5. The van der Waals surface area contributed by atoms with E-state index >= 15 is 0 Å². The van der Waals surface area contributed by atoms with Gasteiger partial charge in [0.2, 0.25) is 0 Å². The molecule has 0 saturated carbocycles. The molecular weight excluding hydrogens is 300 g/mol. The van der Waals surface area contributed by atoms with Crippen LogP contribution in [0, 0.1) is 13.8 Å². The molecule has 0 bridgehead atoms. The largest absolute Gasteiger partial charge is 0.368 e. The van der Waals surface area contributed by atoms with E-state index in [4.69, 9.17) is 4.52 Å². The number of nitrogens with zero attached hydrogens (tertiary/aromatic N) is 4. The van der Waals surface area contributed by atoms with Crippen LogP contribution in [0.3, 0.4) is 0 Å². The monoisotopic (exact) mass is 322 g/mol. The van der Waals surface area contributed by atoms with Crippen molar-refractivity contribution in [2.45, 2.75) is 20.4 Å². The number of hydrogen-bond donors (Lipinski definition) is 0. The van der Waals surface area contributed by atoms with Crippen molar-refractivity contribution in [3.05, 3.63) is 53.5 Å². The van der Waals surface area contributed by atoms with Gasteiger partial charge < -0.3 is 9.42 Å². The van der Waals surface area contributed by atoms with Crippen LogP contribution in [0.25, 0.3) is 10.9 Å². The minimum Gasteiger partial charge on any atom is -0.368 e. The van der Waals surface area contributed by atoms with Gasteiger partial charge in [0.15, 0.2) is 5.76 Å². The molecule has 1 aliphatic heterocycles. The number of aryl methyl sites for hydroxylation is 2. The summed E-state index contributed by atoms with van der Waals surface area (Å²) in [7, 11) is 0. The van der Waals surface area contributed by atoms with Gasteiger partial charge in [-0.3, -0.25) is 9.88 Å². The van der Waals surface area contributed by atoms with Crippen molar-refractivity contribution >= 4 is 16.6 Å². The summed E-state index contributed by atoms with van der Waals surface area (Å²) in [4.78, 5) is 9.54. The third kappa shape index (κ3) is 2.99. The van der Waals surface area contributed by atoms with Gasteiger partial charge in [0.25, 0.3) is 0 Å². The maximum absolute atomic E-state index is 5.34. The zero-order valence-corrected chi connectivity index (χ0v) is 14.2. The van der Waals surface area contributed by atoms with Crippen LogP contribution >= 0.6 is 0 Å². The van der Waals surface area contributed by atoms with Gasteiger partial charge in [-0.05, 0) is 26.0 Å². The van der Waals surface area contributed by atoms with Gasteiger partial charge in [-0.2, -0.15) is 0 Å². The lowest BCUT2D eigenvalue weighted by molar-refractivity contribution is 0.219. The van der Waals surface area contributed by atoms with Crippen LogP contribution in [-0.4, -0.2) is 41.2 Å². The molecule has 0 spiro atoms. The number of piperazine rings is 1. The van der Waals surface area contributed by atoms with Crippen molar-refractivity contribution in [3.8, 4) is 0 Å². The Labute approximate surface area is 141 Å². The first-order chi connectivity index (χ1) is 11.7. The van der Waals surface area contributed by atoms with Crippen LogP contribution in [-0.2, 0) is 6.54 Å². The van der Waals surface area contributed by atoms with E-state index in [9.17, 15) is 0 Å². The number of para-hydroxylation sites is 1. The first kappa shape index (κ1) is 15.1. The van der Waals surface area contributed by atoms with E-state index in [1.165, 1.54) is 11.1 Å². The molecule has 24 heavy (non-hydrogen) atoms. The summed E-state index contributed by atoms with van der Waals surface area (Å²) in [6.07, 6.45) is 0. The molecule has 124 valence electrons. The topological polar surface area (TPSA) is 45.4 Å². The highest BCUT2D eigenvalue weighted by Crippen LogP contribution is 2.27. The summed E-state index contributed by atoms with van der Waals surface area (Å²) in [6.45, 7) is 8.94. The fourth-order valence-corrected chi connectivity index (χ4v) is 3.41. The predicted octanol–water partition coefficient (Wildman–Crippen LogP) is 3.16. The summed E-state index contributed by atoms with van der Waals surface area (Å²) in [5.41, 5.74) is 4.39. The molecular formula is C19H22N4O. The molecule has 4 rings (SSSR count). The fourth-order valence-electron chi connectivity index (χ4n) is 3.41. The number of hydrogen-bond acceptors (Lipinski definition) is 5. The Balaban J connectivity index is 1.50. The normalized spacial score (nSPS) is 16.0. The van der Waals surface area contributed by atoms with E-state index in [1.807, 2.05) is 13.0 Å². The van der Waals surface area contributed by atoms with Gasteiger partial charge in [-0.15, -0.1) is 0 Å². The third-order valence-corrected chi connectivity index (χ3v) is 4.59. The van der Waals surface area contributed by atoms with Gasteiger partial charge in [0.05, 0.1) is 17.8 Å². The molecule has 0 atom stereocenters. The molecule has 0 amide bonds. The molecule has 1 aromatic carbocycles. The standard InChI is InChI=1S/C19H22N4O/c1-14-12-19(17-5-3-4-6-18(17)20-14)23-9-7-22(8-10-23)13-16-11-15(2)21-24-16/h3-6,11-12H,7-10,13H2,1-2H3. The maximum Gasteiger partial charge on any atom is 0.150 e. The lowest BCUT2D eigenvalue weighted by atomic mass is 10.1. The van der Waals surface area contributed by atoms with E-state index in [2.05, 4.69) is 57.2 Å². The molecule has 1 saturated heterocycles. The van der Waals surface area contributed by atoms with Gasteiger partial charge in [-0.1, -0.05) is 23.4 Å². The molecule has 3 heterocycles. The zero-order valence-electron chi connectivity index (χ0n) is 14.2. The Morgan fingerprint density at radius 1 is 1.00 bits per heavy atom. The van der Waals surface area contributed by atoms with Crippen molar-refractivity contribution in [1.82, 2.24) is 15.0 Å². The minimum atomic E-state index is 0.838. The lowest BCUT2D eigenvalue weighted by Gasteiger charge is -2.36. The first-order valence-electron chi connectivity index (χ1n) is 8.45. The number of pyridine rings is 1. The highest BCUT2D eigenvalue weighted by Gasteiger charge is 2.20. The molecule has 5 heteroatoms. The quantitative estimate of drug-likeness (QED) is 0.741. The Morgan fingerprint density at radius 2 is 1.79 bits per heavy atom. The molecule has 5 nitrogen and oxygen atoms in total. The molecule has 0 aliphatic carbocycles. The molecule has 0 unspecified atom stereocenters. The van der Waals surface area contributed by atoms with Crippen molar-refractivity contribution in [1.29, 1.82) is 0 Å². The molecule has 1 fully saturated rings. The summed E-state index contributed by atoms with van der Waals surface area (Å²) >= 11 is 0. The number of anilines is 1. The van der Waals surface area contributed by atoms with Crippen LogP contribution in [0.1, 0.15) is 17.1 Å². The summed E-state index contributed by atoms with van der Waals surface area (Å²) in [5.74, 6) is 0.950. The average molecular weight is 322 g/mol. The van der Waals surface area contributed by atoms with Crippen molar-refractivity contribution in [3.63, 3.8) is 0 Å². The van der Waals surface area contributed by atoms with Crippen molar-refractivity contribution in [2.75, 3.05) is 31.1 Å². The number of rotatable bonds is 3. The van der Waals surface area contributed by atoms with Crippen LogP contribution in [0.5, 0.6) is 0 Å². The van der Waals surface area contributed by atoms with Crippen LogP contribution in [0.2, 0.25) is 0 Å². The average Bonchev–Trinajstić information content (AvgIpc) is 3.00. The number of fused-ring (bicyclic) bond motifs is 1. The highest BCUT2D eigenvalue weighted by atomic mass is 16.5. The SMILES string of the molecule is Cc1cc(CN2CCN(c3cc(C)nc4ccccc34)CC2)on1. The van der Waals surface area contributed by atoms with Crippen LogP contribution in [0.4, 0.5) is 5.69 Å². The second kappa shape index (κ2) is 6.24. The fraction of sp³-hybridized carbons (Fsp3) is 0.368. The molecule has 2 aromatic heterocycles. The van der Waals surface area contributed by atoms with Crippen LogP contribution < -0.4 is 4.90 Å². The molecule has 0 N–H and O–H groups in total. The van der Waals surface area contributed by atoms with Crippen molar-refractivity contribution in [2.24, 2.45) is 0 Å². The van der Waals surface area contributed by atoms with E-state index in [0.29, 0.717) is 0 Å². The summed E-state index contributed by atoms with van der Waals surface area (Å²) in [6, 6.07) is 12.6. The Morgan fingerprint density at radius 3 is 2.54 bits per heavy atom. The Hall–Kier alpha value is -2.40. The Bertz CT molecular complexity index is 849. The molecule has 3 aromatic rings. The maximum atomic E-state index is 5.34. The third-order valence-electron chi connectivity index (χ3n) is 4.59. The predicted molar refractivity (Wildman–Crippen MR) is 95.2 cm³/mol. The number of aromatic nitrogens is 2. The van der Waals surface area contributed by atoms with E-state index < -0.39 is 0 Å². The van der Waals surface area contributed by atoms with Gasteiger partial charge in [0, 0.05) is 49.0 Å². The minimum absolute atomic E-state index is 0.838. The number of benzene rings is 1. The lowest BCUT2D eigenvalue weighted by Crippen LogP contribution is -2.46. The summed E-state index contributed by atoms with van der Waals surface area (Å²) in [5, 5.41) is 5.21. The van der Waals surface area contributed by atoms with E-state index in [0.717, 1.165) is 55.4 Å². The Kier molecular flexibility index (Phi) is 3.94. The molecule has 0 radical (unpaired) electrons. The van der Waals surface area contributed by atoms with E-state index in [1.54, 1.807) is 0 Å². The van der Waals surface area contributed by atoms with Gasteiger partial charge in [0.1, 0.15) is 0 Å². The smallest absolute Gasteiger partial charge is 0.150 e.